The van der Waals surface area contributed by atoms with E-state index in [1.54, 1.807) is 6.92 Å². The van der Waals surface area contributed by atoms with Crippen molar-refractivity contribution in [3.8, 4) is 11.4 Å². The van der Waals surface area contributed by atoms with E-state index in [1.807, 2.05) is 23.6 Å². The first-order chi connectivity index (χ1) is 17.0. The minimum Gasteiger partial charge on any atom is -0.465 e. The van der Waals surface area contributed by atoms with E-state index in [2.05, 4.69) is 48.4 Å². The van der Waals surface area contributed by atoms with Crippen LogP contribution in [0.25, 0.3) is 11.4 Å². The van der Waals surface area contributed by atoms with E-state index in [4.69, 9.17) is 9.47 Å². The van der Waals surface area contributed by atoms with Crippen LogP contribution in [0.1, 0.15) is 58.9 Å². The molecule has 1 N–H and O–H groups in total. The number of nitrogens with zero attached hydrogens (tertiary/aromatic N) is 3. The maximum absolute atomic E-state index is 12.8. The molecule has 2 heterocycles. The van der Waals surface area contributed by atoms with E-state index < -0.39 is 11.9 Å². The van der Waals surface area contributed by atoms with Gasteiger partial charge >= 0.3 is 11.9 Å². The molecule has 0 saturated heterocycles. The van der Waals surface area contributed by atoms with Crippen molar-refractivity contribution in [2.45, 2.75) is 51.7 Å². The van der Waals surface area contributed by atoms with E-state index >= 15 is 0 Å². The van der Waals surface area contributed by atoms with E-state index in [-0.39, 0.29) is 32.5 Å². The van der Waals surface area contributed by atoms with Crippen LogP contribution in [0.2, 0.25) is 0 Å². The number of ether oxygens (including phenoxy) is 2. The summed E-state index contributed by atoms with van der Waals surface area (Å²) in [6.07, 6.45) is 0. The minimum absolute atomic E-state index is 0.0339. The molecule has 0 aliphatic carbocycles. The Kier molecular flexibility index (Phi) is 8.57. The van der Waals surface area contributed by atoms with Crippen molar-refractivity contribution in [2.75, 3.05) is 25.3 Å². The average molecular weight is 531 g/mol. The number of hydrogen-bond donors (Lipinski definition) is 1. The fourth-order valence-electron chi connectivity index (χ4n) is 3.54. The van der Waals surface area contributed by atoms with Crippen LogP contribution in [0.3, 0.4) is 0 Å². The number of amides is 1. The Morgan fingerprint density at radius 2 is 1.69 bits per heavy atom. The molecule has 2 aromatic heterocycles. The highest BCUT2D eigenvalue weighted by Crippen LogP contribution is 2.34. The van der Waals surface area contributed by atoms with Crippen LogP contribution in [0, 0.1) is 6.92 Å². The molecule has 0 bridgehead atoms. The second-order valence-corrected chi connectivity index (χ2v) is 10.9. The van der Waals surface area contributed by atoms with Crippen LogP contribution in [-0.2, 0) is 26.2 Å². The summed E-state index contributed by atoms with van der Waals surface area (Å²) < 4.78 is 11.6. The van der Waals surface area contributed by atoms with Crippen molar-refractivity contribution in [1.82, 2.24) is 14.8 Å². The summed E-state index contributed by atoms with van der Waals surface area (Å²) in [6.45, 7) is 10.7. The molecule has 0 saturated carbocycles. The van der Waals surface area contributed by atoms with Gasteiger partial charge in [0.05, 0.1) is 25.5 Å². The first-order valence-corrected chi connectivity index (χ1v) is 13.1. The zero-order chi connectivity index (χ0) is 26.6. The second-order valence-electron chi connectivity index (χ2n) is 8.96. The smallest absolute Gasteiger partial charge is 0.348 e. The summed E-state index contributed by atoms with van der Waals surface area (Å²) in [5.41, 5.74) is 2.76. The van der Waals surface area contributed by atoms with Gasteiger partial charge in [0.2, 0.25) is 5.91 Å². The van der Waals surface area contributed by atoms with Crippen molar-refractivity contribution < 1.29 is 23.9 Å². The largest absolute Gasteiger partial charge is 0.465 e. The summed E-state index contributed by atoms with van der Waals surface area (Å²) in [7, 11) is 2.50. The summed E-state index contributed by atoms with van der Waals surface area (Å²) in [4.78, 5) is 37.4. The van der Waals surface area contributed by atoms with E-state index in [1.165, 1.54) is 31.5 Å². The quantitative estimate of drug-likeness (QED) is 0.322. The molecule has 192 valence electrons. The summed E-state index contributed by atoms with van der Waals surface area (Å²) >= 11 is 2.21. The fourth-order valence-corrected chi connectivity index (χ4v) is 5.47. The van der Waals surface area contributed by atoms with Gasteiger partial charge in [-0.15, -0.1) is 21.5 Å². The van der Waals surface area contributed by atoms with Gasteiger partial charge in [0.1, 0.15) is 9.88 Å². The summed E-state index contributed by atoms with van der Waals surface area (Å²) in [6, 6.07) is 8.25. The van der Waals surface area contributed by atoms with Gasteiger partial charge in [-0.3, -0.25) is 4.79 Å². The Morgan fingerprint density at radius 3 is 2.25 bits per heavy atom. The van der Waals surface area contributed by atoms with Crippen molar-refractivity contribution in [2.24, 2.45) is 0 Å². The van der Waals surface area contributed by atoms with Crippen molar-refractivity contribution in [1.29, 1.82) is 0 Å². The Balaban J connectivity index is 1.77. The number of hydrogen-bond acceptors (Lipinski definition) is 9. The Morgan fingerprint density at radius 1 is 1.06 bits per heavy atom. The maximum Gasteiger partial charge on any atom is 0.348 e. The number of carbonyl (C=O) groups is 3. The zero-order valence-electron chi connectivity index (χ0n) is 21.4. The molecule has 11 heteroatoms. The normalized spacial score (nSPS) is 11.3. The van der Waals surface area contributed by atoms with Gasteiger partial charge < -0.3 is 19.4 Å². The molecule has 9 nitrogen and oxygen atoms in total. The molecule has 36 heavy (non-hydrogen) atoms. The molecular weight excluding hydrogens is 500 g/mol. The number of esters is 2. The van der Waals surface area contributed by atoms with Crippen molar-refractivity contribution >= 4 is 45.9 Å². The Labute approximate surface area is 218 Å². The number of thiophene rings is 1. The fraction of sp³-hybridized carbons (Fsp3) is 0.400. The molecular formula is C25H30N4O5S2. The van der Waals surface area contributed by atoms with Crippen molar-refractivity contribution in [3.05, 3.63) is 45.8 Å². The SMILES string of the molecule is CCn1c(SCC(=O)Nc2sc(C(=O)OC)c(C)c2C(=O)OC)nnc1-c1ccc(C(C)(C)C)cc1. The van der Waals surface area contributed by atoms with Gasteiger partial charge in [-0.2, -0.15) is 0 Å². The van der Waals surface area contributed by atoms with Gasteiger partial charge in [-0.25, -0.2) is 9.59 Å². The molecule has 3 aromatic rings. The predicted molar refractivity (Wildman–Crippen MR) is 141 cm³/mol. The first-order valence-electron chi connectivity index (χ1n) is 11.3. The number of rotatable bonds is 8. The lowest BCUT2D eigenvalue weighted by Crippen LogP contribution is -2.16. The molecule has 0 radical (unpaired) electrons. The number of aromatic nitrogens is 3. The molecule has 1 aromatic carbocycles. The monoisotopic (exact) mass is 530 g/mol. The third-order valence-corrected chi connectivity index (χ3v) is 7.69. The second kappa shape index (κ2) is 11.3. The minimum atomic E-state index is -0.644. The summed E-state index contributed by atoms with van der Waals surface area (Å²) in [5, 5.41) is 12.2. The molecule has 0 aliphatic heterocycles. The number of benzene rings is 1. The Hall–Kier alpha value is -3.18. The molecule has 0 spiro atoms. The molecule has 0 fully saturated rings. The molecule has 3 rings (SSSR count). The Bertz CT molecular complexity index is 1270. The molecule has 0 atom stereocenters. The zero-order valence-corrected chi connectivity index (χ0v) is 23.1. The third-order valence-electron chi connectivity index (χ3n) is 5.53. The third kappa shape index (κ3) is 5.79. The van der Waals surface area contributed by atoms with Crippen LogP contribution in [0.4, 0.5) is 5.00 Å². The number of methoxy groups -OCH3 is 2. The lowest BCUT2D eigenvalue weighted by atomic mass is 9.87. The van der Waals surface area contributed by atoms with Crippen LogP contribution >= 0.6 is 23.1 Å². The molecule has 1 amide bonds. The van der Waals surface area contributed by atoms with Crippen LogP contribution in [0.5, 0.6) is 0 Å². The van der Waals surface area contributed by atoms with E-state index in [0.717, 1.165) is 22.7 Å². The highest BCUT2D eigenvalue weighted by atomic mass is 32.2. The highest BCUT2D eigenvalue weighted by Gasteiger charge is 2.27. The van der Waals surface area contributed by atoms with Gasteiger partial charge in [0, 0.05) is 12.1 Å². The highest BCUT2D eigenvalue weighted by molar-refractivity contribution is 7.99. The van der Waals surface area contributed by atoms with Crippen LogP contribution in [0.15, 0.2) is 29.4 Å². The van der Waals surface area contributed by atoms with E-state index in [9.17, 15) is 14.4 Å². The lowest BCUT2D eigenvalue weighted by Gasteiger charge is -2.19. The van der Waals surface area contributed by atoms with Gasteiger partial charge in [-0.05, 0) is 30.4 Å². The first kappa shape index (κ1) is 27.4. The molecule has 0 aliphatic rings. The van der Waals surface area contributed by atoms with Crippen molar-refractivity contribution in [3.63, 3.8) is 0 Å². The topological polar surface area (TPSA) is 112 Å². The predicted octanol–water partition coefficient (Wildman–Crippen LogP) is 4.94. The lowest BCUT2D eigenvalue weighted by molar-refractivity contribution is -0.113. The number of thioether (sulfide) groups is 1. The van der Waals surface area contributed by atoms with Crippen LogP contribution in [-0.4, -0.2) is 52.6 Å². The van der Waals surface area contributed by atoms with Crippen LogP contribution < -0.4 is 5.32 Å². The van der Waals surface area contributed by atoms with E-state index in [0.29, 0.717) is 17.3 Å². The van der Waals surface area contributed by atoms with Gasteiger partial charge in [-0.1, -0.05) is 56.8 Å². The number of anilines is 1. The number of nitrogens with one attached hydrogen (secondary N) is 1. The summed E-state index contributed by atoms with van der Waals surface area (Å²) in [5.74, 6) is -0.826. The standard InChI is InChI=1S/C25H30N4O5S2/c1-8-29-20(15-9-11-16(12-10-15)25(3,4)5)27-28-24(29)35-13-17(30)26-21-18(22(31)33-6)14(2)19(36-21)23(32)34-7/h9-12H,8,13H2,1-7H3,(H,26,30). The number of carbonyl (C=O) groups excluding carboxylic acids is 3. The average Bonchev–Trinajstić information content (AvgIpc) is 3.41. The maximum atomic E-state index is 12.8. The van der Waals surface area contributed by atoms with Gasteiger partial charge in [0.25, 0.3) is 0 Å². The molecule has 0 unspecified atom stereocenters. The van der Waals surface area contributed by atoms with Gasteiger partial charge in [0.15, 0.2) is 11.0 Å².